The summed E-state index contributed by atoms with van der Waals surface area (Å²) in [5, 5.41) is 9.24. The van der Waals surface area contributed by atoms with Gasteiger partial charge >= 0.3 is 5.97 Å². The third kappa shape index (κ3) is 1.79. The summed E-state index contributed by atoms with van der Waals surface area (Å²) in [5.74, 6) is -0.436. The Morgan fingerprint density at radius 3 is 2.62 bits per heavy atom. The summed E-state index contributed by atoms with van der Waals surface area (Å²) in [7, 11) is 0. The number of halogens is 1. The zero-order chi connectivity index (χ0) is 11.7. The quantitative estimate of drug-likeness (QED) is 0.816. The highest BCUT2D eigenvalue weighted by atomic mass is 35.5. The molecule has 0 radical (unpaired) electrons. The number of hydrogen-bond donors (Lipinski definition) is 2. The lowest BCUT2D eigenvalue weighted by atomic mass is 10.1. The molecule has 0 bridgehead atoms. The summed E-state index contributed by atoms with van der Waals surface area (Å²) < 4.78 is 10.7. The van der Waals surface area contributed by atoms with Crippen molar-refractivity contribution in [3.8, 4) is 11.5 Å². The molecule has 5 nitrogen and oxygen atoms in total. The average molecular weight is 244 g/mol. The van der Waals surface area contributed by atoms with Crippen LogP contribution in [-0.2, 0) is 4.79 Å². The molecule has 1 aliphatic rings. The number of aliphatic carboxylic acids is 1. The number of fused-ring (bicyclic) bond motifs is 1. The second-order valence-corrected chi connectivity index (χ2v) is 3.71. The lowest BCUT2D eigenvalue weighted by Crippen LogP contribution is -2.24. The van der Waals surface area contributed by atoms with Crippen molar-refractivity contribution in [2.75, 3.05) is 13.2 Å². The number of carboxylic acid groups (broad SMARTS) is 1. The van der Waals surface area contributed by atoms with Crippen LogP contribution in [0.15, 0.2) is 12.1 Å². The molecule has 6 heteroatoms. The highest BCUT2D eigenvalue weighted by Gasteiger charge is 2.25. The Balaban J connectivity index is 2.50. The van der Waals surface area contributed by atoms with Crippen LogP contribution in [0.3, 0.4) is 0 Å². The molecule has 0 saturated heterocycles. The van der Waals surface area contributed by atoms with Gasteiger partial charge in [-0.1, -0.05) is 17.7 Å². The Hall–Kier alpha value is -1.46. The van der Waals surface area contributed by atoms with Crippen molar-refractivity contribution in [1.29, 1.82) is 0 Å². The Morgan fingerprint density at radius 2 is 2.00 bits per heavy atom. The van der Waals surface area contributed by atoms with Crippen molar-refractivity contribution in [3.63, 3.8) is 0 Å². The van der Waals surface area contributed by atoms with Gasteiger partial charge in [-0.25, -0.2) is 0 Å². The zero-order valence-electron chi connectivity index (χ0n) is 8.27. The van der Waals surface area contributed by atoms with E-state index in [9.17, 15) is 4.79 Å². The van der Waals surface area contributed by atoms with Gasteiger partial charge in [0.2, 0.25) is 0 Å². The van der Waals surface area contributed by atoms with Gasteiger partial charge in [-0.3, -0.25) is 4.79 Å². The van der Waals surface area contributed by atoms with Crippen molar-refractivity contribution < 1.29 is 19.4 Å². The van der Waals surface area contributed by atoms with Crippen LogP contribution in [0.1, 0.15) is 11.6 Å². The standard InChI is InChI=1S/C10H10ClNO4/c11-6-2-1-5(7(12)10(13)14)8-9(6)16-4-3-15-8/h1-2,7H,3-4,12H2,(H,13,14). The van der Waals surface area contributed by atoms with Crippen molar-refractivity contribution in [2.24, 2.45) is 5.73 Å². The molecule has 0 aliphatic carbocycles. The van der Waals surface area contributed by atoms with E-state index in [0.29, 0.717) is 35.3 Å². The number of rotatable bonds is 2. The van der Waals surface area contributed by atoms with Crippen LogP contribution in [0.2, 0.25) is 5.02 Å². The minimum Gasteiger partial charge on any atom is -0.486 e. The van der Waals surface area contributed by atoms with Crippen LogP contribution in [0.5, 0.6) is 11.5 Å². The van der Waals surface area contributed by atoms with Crippen LogP contribution in [0, 0.1) is 0 Å². The van der Waals surface area contributed by atoms with Gasteiger partial charge in [0.05, 0.1) is 5.02 Å². The topological polar surface area (TPSA) is 81.8 Å². The minimum atomic E-state index is -1.15. The number of nitrogens with two attached hydrogens (primary N) is 1. The summed E-state index contributed by atoms with van der Waals surface area (Å²) in [5.41, 5.74) is 5.90. The van der Waals surface area contributed by atoms with Crippen LogP contribution in [0.25, 0.3) is 0 Å². The Morgan fingerprint density at radius 1 is 1.38 bits per heavy atom. The Kier molecular flexibility index (Phi) is 2.89. The van der Waals surface area contributed by atoms with Crippen molar-refractivity contribution in [3.05, 3.63) is 22.7 Å². The van der Waals surface area contributed by atoms with Crippen molar-refractivity contribution in [1.82, 2.24) is 0 Å². The molecule has 16 heavy (non-hydrogen) atoms. The number of hydrogen-bond acceptors (Lipinski definition) is 4. The lowest BCUT2D eigenvalue weighted by molar-refractivity contribution is -0.138. The summed E-state index contributed by atoms with van der Waals surface area (Å²) in [6.07, 6.45) is 0. The highest BCUT2D eigenvalue weighted by molar-refractivity contribution is 6.32. The molecular weight excluding hydrogens is 234 g/mol. The molecule has 1 aromatic rings. The number of benzene rings is 1. The summed E-state index contributed by atoms with van der Waals surface area (Å²) in [6, 6.07) is 1.94. The Labute approximate surface area is 96.7 Å². The van der Waals surface area contributed by atoms with E-state index in [1.165, 1.54) is 6.07 Å². The maximum Gasteiger partial charge on any atom is 0.325 e. The first kappa shape index (κ1) is 11.0. The van der Waals surface area contributed by atoms with Crippen LogP contribution in [-0.4, -0.2) is 24.3 Å². The molecule has 2 rings (SSSR count). The predicted octanol–water partition coefficient (Wildman–Crippen LogP) is 1.20. The minimum absolute atomic E-state index is 0.327. The molecule has 0 aromatic heterocycles. The largest absolute Gasteiger partial charge is 0.486 e. The molecule has 1 heterocycles. The predicted molar refractivity (Wildman–Crippen MR) is 57.0 cm³/mol. The van der Waals surface area contributed by atoms with E-state index >= 15 is 0 Å². The molecule has 0 spiro atoms. The fourth-order valence-electron chi connectivity index (χ4n) is 1.50. The van der Waals surface area contributed by atoms with Crippen molar-refractivity contribution in [2.45, 2.75) is 6.04 Å². The molecule has 1 atom stereocenters. The van der Waals surface area contributed by atoms with Gasteiger partial charge in [0.15, 0.2) is 11.5 Å². The van der Waals surface area contributed by atoms with E-state index in [-0.39, 0.29) is 0 Å². The third-order valence-electron chi connectivity index (χ3n) is 2.27. The number of carboxylic acids is 1. The molecule has 1 aliphatic heterocycles. The van der Waals surface area contributed by atoms with Gasteiger partial charge in [-0.2, -0.15) is 0 Å². The van der Waals surface area contributed by atoms with E-state index in [1.807, 2.05) is 0 Å². The fraction of sp³-hybridized carbons (Fsp3) is 0.300. The monoisotopic (exact) mass is 243 g/mol. The highest BCUT2D eigenvalue weighted by Crippen LogP contribution is 2.41. The molecule has 1 unspecified atom stereocenters. The maximum absolute atomic E-state index is 10.8. The summed E-state index contributed by atoms with van der Waals surface area (Å²) in [4.78, 5) is 10.8. The fourth-order valence-corrected chi connectivity index (χ4v) is 1.71. The number of carbonyl (C=O) groups is 1. The normalized spacial score (nSPS) is 15.6. The SMILES string of the molecule is NC(C(=O)O)c1ccc(Cl)c2c1OCCO2. The second kappa shape index (κ2) is 4.19. The first-order valence-corrected chi connectivity index (χ1v) is 5.05. The van der Waals surface area contributed by atoms with Gasteiger partial charge in [-0.05, 0) is 6.07 Å². The molecule has 0 saturated carbocycles. The zero-order valence-corrected chi connectivity index (χ0v) is 9.03. The molecule has 1 aromatic carbocycles. The average Bonchev–Trinajstić information content (AvgIpc) is 2.29. The maximum atomic E-state index is 10.8. The van der Waals surface area contributed by atoms with Gasteiger partial charge in [0, 0.05) is 5.56 Å². The Bertz CT molecular complexity index is 435. The van der Waals surface area contributed by atoms with E-state index in [0.717, 1.165) is 0 Å². The van der Waals surface area contributed by atoms with E-state index in [2.05, 4.69) is 0 Å². The van der Waals surface area contributed by atoms with Gasteiger partial charge in [-0.15, -0.1) is 0 Å². The molecule has 3 N–H and O–H groups in total. The van der Waals surface area contributed by atoms with Crippen LogP contribution < -0.4 is 15.2 Å². The molecule has 0 fully saturated rings. The number of ether oxygens (including phenoxy) is 2. The van der Waals surface area contributed by atoms with E-state index < -0.39 is 12.0 Å². The summed E-state index contributed by atoms with van der Waals surface area (Å²) in [6.45, 7) is 0.741. The van der Waals surface area contributed by atoms with E-state index in [1.54, 1.807) is 6.07 Å². The van der Waals surface area contributed by atoms with Crippen molar-refractivity contribution >= 4 is 17.6 Å². The second-order valence-electron chi connectivity index (χ2n) is 3.31. The molecular formula is C10H10ClNO4. The van der Waals surface area contributed by atoms with Gasteiger partial charge in [0.1, 0.15) is 19.3 Å². The lowest BCUT2D eigenvalue weighted by Gasteiger charge is -2.23. The van der Waals surface area contributed by atoms with E-state index in [4.69, 9.17) is 31.9 Å². The third-order valence-corrected chi connectivity index (χ3v) is 2.57. The van der Waals surface area contributed by atoms with Gasteiger partial charge < -0.3 is 20.3 Å². The van der Waals surface area contributed by atoms with Gasteiger partial charge in [0.25, 0.3) is 0 Å². The first-order valence-electron chi connectivity index (χ1n) is 4.67. The smallest absolute Gasteiger partial charge is 0.325 e. The first-order chi connectivity index (χ1) is 7.61. The summed E-state index contributed by atoms with van der Waals surface area (Å²) >= 11 is 5.91. The molecule has 86 valence electrons. The van der Waals surface area contributed by atoms with Crippen LogP contribution >= 0.6 is 11.6 Å². The van der Waals surface area contributed by atoms with Crippen LogP contribution in [0.4, 0.5) is 0 Å². The molecule has 0 amide bonds.